The van der Waals surface area contributed by atoms with Crippen LogP contribution in [0, 0.1) is 23.7 Å². The van der Waals surface area contributed by atoms with Gasteiger partial charge in [-0.05, 0) is 36.8 Å². The number of urea groups is 1. The van der Waals surface area contributed by atoms with Crippen molar-refractivity contribution in [2.75, 3.05) is 18.4 Å². The van der Waals surface area contributed by atoms with Crippen molar-refractivity contribution < 1.29 is 14.4 Å². The van der Waals surface area contributed by atoms with E-state index in [9.17, 15) is 14.4 Å². The summed E-state index contributed by atoms with van der Waals surface area (Å²) in [7, 11) is 0. The number of likely N-dealkylation sites (tertiary alicyclic amines) is 1. The van der Waals surface area contributed by atoms with Crippen LogP contribution in [0.1, 0.15) is 12.8 Å². The number of imide groups is 1. The Kier molecular flexibility index (Phi) is 4.03. The van der Waals surface area contributed by atoms with Crippen molar-refractivity contribution in [3.8, 4) is 0 Å². The molecule has 4 atom stereocenters. The third-order valence-electron chi connectivity index (χ3n) is 5.50. The molecule has 1 saturated heterocycles. The first-order chi connectivity index (χ1) is 12.1. The second-order valence-electron chi connectivity index (χ2n) is 6.92. The molecule has 2 N–H and O–H groups in total. The fourth-order valence-corrected chi connectivity index (χ4v) is 4.33. The number of hydrogen-bond donors (Lipinski definition) is 2. The molecule has 1 aliphatic heterocycles. The lowest BCUT2D eigenvalue weighted by atomic mass is 9.63. The van der Waals surface area contributed by atoms with E-state index in [0.29, 0.717) is 5.69 Å². The topological polar surface area (TPSA) is 78.5 Å². The average Bonchev–Trinajstić information content (AvgIpc) is 2.90. The van der Waals surface area contributed by atoms with Crippen LogP contribution in [0.3, 0.4) is 0 Å². The monoisotopic (exact) mass is 339 g/mol. The lowest BCUT2D eigenvalue weighted by Gasteiger charge is -2.38. The predicted octanol–water partition coefficient (Wildman–Crippen LogP) is 2.01. The van der Waals surface area contributed by atoms with Gasteiger partial charge in [0.2, 0.25) is 11.8 Å². The summed E-state index contributed by atoms with van der Waals surface area (Å²) in [5.74, 6) is -0.112. The zero-order valence-electron chi connectivity index (χ0n) is 13.9. The highest BCUT2D eigenvalue weighted by Gasteiger charge is 2.56. The van der Waals surface area contributed by atoms with Gasteiger partial charge in [0.1, 0.15) is 0 Å². The number of rotatable bonds is 4. The molecule has 0 aromatic heterocycles. The number of anilines is 1. The minimum atomic E-state index is -0.343. The fourth-order valence-electron chi connectivity index (χ4n) is 4.33. The van der Waals surface area contributed by atoms with E-state index in [1.165, 1.54) is 4.90 Å². The fraction of sp³-hybridized carbons (Fsp3) is 0.421. The largest absolute Gasteiger partial charge is 0.336 e. The molecule has 2 fully saturated rings. The van der Waals surface area contributed by atoms with Crippen LogP contribution in [-0.2, 0) is 9.59 Å². The Morgan fingerprint density at radius 2 is 1.60 bits per heavy atom. The molecule has 4 amide bonds. The van der Waals surface area contributed by atoms with E-state index in [4.69, 9.17) is 0 Å². The third kappa shape index (κ3) is 2.81. The van der Waals surface area contributed by atoms with E-state index >= 15 is 0 Å². The first kappa shape index (κ1) is 15.9. The zero-order valence-corrected chi connectivity index (χ0v) is 13.9. The molecule has 1 aromatic rings. The highest BCUT2D eigenvalue weighted by molar-refractivity contribution is 6.06. The van der Waals surface area contributed by atoms with Gasteiger partial charge in [0.25, 0.3) is 0 Å². The molecule has 0 spiro atoms. The van der Waals surface area contributed by atoms with Gasteiger partial charge in [0, 0.05) is 18.8 Å². The summed E-state index contributed by atoms with van der Waals surface area (Å²) < 4.78 is 0. The maximum atomic E-state index is 12.6. The number of nitrogens with one attached hydrogen (secondary N) is 2. The molecule has 4 unspecified atom stereocenters. The van der Waals surface area contributed by atoms with Gasteiger partial charge in [-0.3, -0.25) is 14.5 Å². The number of amides is 4. The second kappa shape index (κ2) is 6.35. The Labute approximate surface area is 146 Å². The summed E-state index contributed by atoms with van der Waals surface area (Å²) >= 11 is 0. The molecule has 6 heteroatoms. The number of fused-ring (bicyclic) bond motifs is 1. The molecular formula is C19H21N3O3. The number of para-hydroxylation sites is 1. The van der Waals surface area contributed by atoms with Crippen LogP contribution >= 0.6 is 0 Å². The van der Waals surface area contributed by atoms with Crippen LogP contribution in [0.5, 0.6) is 0 Å². The number of nitrogens with zero attached hydrogens (tertiary/aromatic N) is 1. The molecule has 2 bridgehead atoms. The van der Waals surface area contributed by atoms with Gasteiger partial charge < -0.3 is 10.6 Å². The van der Waals surface area contributed by atoms with Crippen LogP contribution < -0.4 is 10.6 Å². The Morgan fingerprint density at radius 1 is 1.00 bits per heavy atom. The van der Waals surface area contributed by atoms with Gasteiger partial charge in [0.15, 0.2) is 0 Å². The number of carbonyl (C=O) groups is 3. The number of benzene rings is 1. The van der Waals surface area contributed by atoms with Crippen LogP contribution in [0.2, 0.25) is 0 Å². The maximum Gasteiger partial charge on any atom is 0.319 e. The van der Waals surface area contributed by atoms with Gasteiger partial charge in [-0.15, -0.1) is 0 Å². The number of hydrogen-bond acceptors (Lipinski definition) is 3. The Bertz CT molecular complexity index is 699. The Balaban J connectivity index is 1.32. The SMILES string of the molecule is O=C(NCCN1C(=O)C2C3C=CC(CC3)C2C1=O)Nc1ccccc1. The van der Waals surface area contributed by atoms with Gasteiger partial charge >= 0.3 is 6.03 Å². The summed E-state index contributed by atoms with van der Waals surface area (Å²) in [6, 6.07) is 8.78. The molecule has 130 valence electrons. The van der Waals surface area contributed by atoms with Crippen molar-refractivity contribution >= 4 is 23.5 Å². The third-order valence-corrected chi connectivity index (χ3v) is 5.50. The van der Waals surface area contributed by atoms with Crippen LogP contribution in [0.4, 0.5) is 10.5 Å². The minimum absolute atomic E-state index is 0.0701. The number of allylic oxidation sites excluding steroid dienone is 2. The van der Waals surface area contributed by atoms with Crippen molar-refractivity contribution in [2.45, 2.75) is 12.8 Å². The lowest BCUT2D eigenvalue weighted by molar-refractivity contribution is -0.140. The first-order valence-electron chi connectivity index (χ1n) is 8.78. The summed E-state index contributed by atoms with van der Waals surface area (Å²) in [5, 5.41) is 5.42. The molecule has 0 radical (unpaired) electrons. The van der Waals surface area contributed by atoms with Crippen LogP contribution in [-0.4, -0.2) is 35.8 Å². The van der Waals surface area contributed by atoms with Gasteiger partial charge in [-0.25, -0.2) is 4.79 Å². The molecule has 3 aliphatic carbocycles. The van der Waals surface area contributed by atoms with Gasteiger partial charge in [-0.2, -0.15) is 0 Å². The number of carbonyl (C=O) groups excluding carboxylic acids is 3. The first-order valence-corrected chi connectivity index (χ1v) is 8.78. The zero-order chi connectivity index (χ0) is 17.4. The van der Waals surface area contributed by atoms with Gasteiger partial charge in [-0.1, -0.05) is 30.4 Å². The molecule has 4 aliphatic rings. The smallest absolute Gasteiger partial charge is 0.319 e. The maximum absolute atomic E-state index is 12.6. The molecule has 6 nitrogen and oxygen atoms in total. The lowest BCUT2D eigenvalue weighted by Crippen LogP contribution is -2.40. The minimum Gasteiger partial charge on any atom is -0.336 e. The van der Waals surface area contributed by atoms with Crippen LogP contribution in [0.25, 0.3) is 0 Å². The molecular weight excluding hydrogens is 318 g/mol. The Morgan fingerprint density at radius 3 is 2.16 bits per heavy atom. The quantitative estimate of drug-likeness (QED) is 0.650. The van der Waals surface area contributed by atoms with Crippen molar-refractivity contribution in [3.05, 3.63) is 42.5 Å². The molecule has 1 saturated carbocycles. The standard InChI is InChI=1S/C19H21N3O3/c23-17-15-12-6-7-13(9-8-12)16(15)18(24)22(17)11-10-20-19(25)21-14-4-2-1-3-5-14/h1-7,12-13,15-16H,8-11H2,(H2,20,21,25). The van der Waals surface area contributed by atoms with Crippen molar-refractivity contribution in [3.63, 3.8) is 0 Å². The van der Waals surface area contributed by atoms with E-state index in [0.717, 1.165) is 12.8 Å². The van der Waals surface area contributed by atoms with E-state index in [-0.39, 0.29) is 54.6 Å². The van der Waals surface area contributed by atoms with E-state index in [1.807, 2.05) is 18.2 Å². The molecule has 1 aromatic carbocycles. The summed E-state index contributed by atoms with van der Waals surface area (Å²) in [5.41, 5.74) is 0.696. The van der Waals surface area contributed by atoms with Crippen molar-refractivity contribution in [2.24, 2.45) is 23.7 Å². The predicted molar refractivity (Wildman–Crippen MR) is 92.5 cm³/mol. The summed E-state index contributed by atoms with van der Waals surface area (Å²) in [4.78, 5) is 38.5. The second-order valence-corrected chi connectivity index (χ2v) is 6.92. The van der Waals surface area contributed by atoms with Crippen LogP contribution in [0.15, 0.2) is 42.5 Å². The van der Waals surface area contributed by atoms with Crippen molar-refractivity contribution in [1.29, 1.82) is 0 Å². The average molecular weight is 339 g/mol. The van der Waals surface area contributed by atoms with E-state index in [2.05, 4.69) is 22.8 Å². The molecule has 1 heterocycles. The summed E-state index contributed by atoms with van der Waals surface area (Å²) in [6.07, 6.45) is 6.20. The highest BCUT2D eigenvalue weighted by atomic mass is 16.2. The van der Waals surface area contributed by atoms with E-state index in [1.54, 1.807) is 12.1 Å². The van der Waals surface area contributed by atoms with Gasteiger partial charge in [0.05, 0.1) is 11.8 Å². The molecule has 25 heavy (non-hydrogen) atoms. The Hall–Kier alpha value is -2.63. The highest BCUT2D eigenvalue weighted by Crippen LogP contribution is 2.49. The summed E-state index contributed by atoms with van der Waals surface area (Å²) in [6.45, 7) is 0.477. The normalized spacial score (nSPS) is 29.7. The van der Waals surface area contributed by atoms with E-state index < -0.39 is 0 Å². The molecule has 5 rings (SSSR count). The van der Waals surface area contributed by atoms with Crippen molar-refractivity contribution in [1.82, 2.24) is 10.2 Å².